The van der Waals surface area contributed by atoms with E-state index < -0.39 is 12.8 Å². The number of piperidine rings is 1. The number of fused-ring (bicyclic) bond motifs is 3. The molecule has 1 aliphatic carbocycles. The van der Waals surface area contributed by atoms with Crippen LogP contribution in [0.5, 0.6) is 5.75 Å². The molecule has 1 saturated carbocycles. The number of pyridine rings is 1. The number of ether oxygens (including phenoxy) is 1. The summed E-state index contributed by atoms with van der Waals surface area (Å²) in [6.07, 6.45) is -0.566. The molecule has 30 heavy (non-hydrogen) atoms. The van der Waals surface area contributed by atoms with E-state index in [0.29, 0.717) is 17.8 Å². The average Bonchev–Trinajstić information content (AvgIpc) is 3.36. The van der Waals surface area contributed by atoms with Crippen LogP contribution in [0.15, 0.2) is 18.3 Å². The van der Waals surface area contributed by atoms with E-state index >= 15 is 0 Å². The van der Waals surface area contributed by atoms with E-state index in [9.17, 15) is 13.2 Å². The molecule has 1 N–H and O–H groups in total. The van der Waals surface area contributed by atoms with Gasteiger partial charge >= 0.3 is 6.18 Å². The van der Waals surface area contributed by atoms with Crippen LogP contribution < -0.4 is 15.0 Å². The Morgan fingerprint density at radius 1 is 1.23 bits per heavy atom. The predicted octanol–water partition coefficient (Wildman–Crippen LogP) is 3.16. The Labute approximate surface area is 174 Å². The van der Waals surface area contributed by atoms with Gasteiger partial charge < -0.3 is 15.0 Å². The van der Waals surface area contributed by atoms with Gasteiger partial charge in [-0.1, -0.05) is 0 Å². The third-order valence-electron chi connectivity index (χ3n) is 5.63. The number of alkyl halides is 3. The zero-order valence-corrected chi connectivity index (χ0v) is 16.9. The lowest BCUT2D eigenvalue weighted by Crippen LogP contribution is -2.48. The zero-order chi connectivity index (χ0) is 20.9. The Bertz CT molecular complexity index is 1040. The fraction of sp³-hybridized carbons (Fsp3) is 0.556. The normalized spacial score (nSPS) is 23.9. The van der Waals surface area contributed by atoms with Gasteiger partial charge in [-0.05, 0) is 43.7 Å². The van der Waals surface area contributed by atoms with Crippen LogP contribution in [0.4, 0.5) is 24.3 Å². The van der Waals surface area contributed by atoms with Gasteiger partial charge in [-0.25, -0.2) is 9.50 Å². The van der Waals surface area contributed by atoms with Crippen molar-refractivity contribution < 1.29 is 17.9 Å². The minimum Gasteiger partial charge on any atom is -0.480 e. The largest absolute Gasteiger partial charge is 0.480 e. The molecule has 160 valence electrons. The minimum atomic E-state index is -4.41. The van der Waals surface area contributed by atoms with Crippen LogP contribution in [-0.2, 0) is 0 Å². The highest BCUT2D eigenvalue weighted by Gasteiger charge is 2.43. The maximum Gasteiger partial charge on any atom is 0.422 e. The number of anilines is 2. The van der Waals surface area contributed by atoms with Gasteiger partial charge in [0.15, 0.2) is 18.0 Å². The number of nitrogens with one attached hydrogen (secondary N) is 1. The number of aromatic nitrogens is 5. The molecule has 5 rings (SSSR count). The molecule has 12 heteroatoms. The van der Waals surface area contributed by atoms with Crippen molar-refractivity contribution in [2.75, 3.05) is 29.9 Å². The van der Waals surface area contributed by atoms with Crippen molar-refractivity contribution in [3.8, 4) is 5.75 Å². The third kappa shape index (κ3) is 3.75. The molecular weight excluding hydrogens is 419 g/mol. The number of halogens is 3. The summed E-state index contributed by atoms with van der Waals surface area (Å²) in [6.45, 7) is 2.30. The van der Waals surface area contributed by atoms with E-state index in [1.54, 1.807) is 12.3 Å². The quantitative estimate of drug-likeness (QED) is 0.654. The van der Waals surface area contributed by atoms with Crippen molar-refractivity contribution in [3.05, 3.63) is 24.2 Å². The average molecular weight is 439 g/mol. The van der Waals surface area contributed by atoms with Crippen LogP contribution in [0, 0.1) is 18.8 Å². The summed E-state index contributed by atoms with van der Waals surface area (Å²) in [4.78, 5) is 11.2. The van der Waals surface area contributed by atoms with Gasteiger partial charge in [0.1, 0.15) is 5.82 Å². The van der Waals surface area contributed by atoms with Crippen molar-refractivity contribution in [2.45, 2.75) is 32.0 Å². The molecule has 4 heterocycles. The fourth-order valence-electron chi connectivity index (χ4n) is 4.39. The Kier molecular flexibility index (Phi) is 4.68. The number of hydrogen-bond donors (Lipinski definition) is 1. The van der Waals surface area contributed by atoms with Crippen molar-refractivity contribution >= 4 is 28.3 Å². The third-order valence-corrected chi connectivity index (χ3v) is 6.50. The van der Waals surface area contributed by atoms with Crippen LogP contribution >= 0.6 is 11.5 Å². The van der Waals surface area contributed by atoms with Crippen molar-refractivity contribution in [3.63, 3.8) is 0 Å². The van der Waals surface area contributed by atoms with Crippen LogP contribution in [0.2, 0.25) is 0 Å². The van der Waals surface area contributed by atoms with Gasteiger partial charge in [-0.2, -0.15) is 22.5 Å². The van der Waals surface area contributed by atoms with E-state index in [2.05, 4.69) is 29.7 Å². The summed E-state index contributed by atoms with van der Waals surface area (Å²) < 4.78 is 48.2. The summed E-state index contributed by atoms with van der Waals surface area (Å²) in [6, 6.07) is 3.27. The van der Waals surface area contributed by atoms with Crippen LogP contribution in [0.3, 0.4) is 0 Å². The first-order valence-corrected chi connectivity index (χ1v) is 10.5. The SMILES string of the molecule is Cc1nsc(N2CC3CC[C@@H](C2)C3Nc2nc3c(OCC(F)(F)F)cccn3n2)n1. The standard InChI is InChI=1S/C18H20F3N7OS/c1-10-22-17(30-26-10)27-7-11-4-5-12(8-27)14(11)23-16-24-15-13(29-9-18(19,20)21)3-2-6-28(15)25-16/h2-3,6,11-12,14H,4-5,7-9H2,1H3,(H,23,25)/t11-,12?,14?/m0/s1. The summed E-state index contributed by atoms with van der Waals surface area (Å²) >= 11 is 1.43. The second-order valence-corrected chi connectivity index (χ2v) is 8.51. The predicted molar refractivity (Wildman–Crippen MR) is 105 cm³/mol. The maximum absolute atomic E-state index is 12.5. The highest BCUT2D eigenvalue weighted by atomic mass is 32.1. The molecule has 2 bridgehead atoms. The highest BCUT2D eigenvalue weighted by Crippen LogP contribution is 2.40. The molecular formula is C18H20F3N7OS. The lowest BCUT2D eigenvalue weighted by Gasteiger charge is -2.37. The van der Waals surface area contributed by atoms with Crippen LogP contribution in [-0.4, -0.2) is 55.9 Å². The Morgan fingerprint density at radius 2 is 2.00 bits per heavy atom. The molecule has 3 atom stereocenters. The summed E-state index contributed by atoms with van der Waals surface area (Å²) in [5.74, 6) is 2.08. The van der Waals surface area contributed by atoms with Gasteiger partial charge in [-0.15, -0.1) is 5.10 Å². The lowest BCUT2D eigenvalue weighted by molar-refractivity contribution is -0.153. The van der Waals surface area contributed by atoms with Gasteiger partial charge in [0, 0.05) is 36.9 Å². The first-order valence-electron chi connectivity index (χ1n) is 9.72. The zero-order valence-electron chi connectivity index (χ0n) is 16.1. The van der Waals surface area contributed by atoms with E-state index in [-0.39, 0.29) is 17.4 Å². The second-order valence-electron chi connectivity index (χ2n) is 7.78. The molecule has 0 aromatic carbocycles. The first kappa shape index (κ1) is 19.3. The van der Waals surface area contributed by atoms with Crippen LogP contribution in [0.1, 0.15) is 18.7 Å². The van der Waals surface area contributed by atoms with E-state index in [4.69, 9.17) is 4.74 Å². The monoisotopic (exact) mass is 439 g/mol. The van der Waals surface area contributed by atoms with E-state index in [1.807, 2.05) is 6.92 Å². The second kappa shape index (κ2) is 7.25. The summed E-state index contributed by atoms with van der Waals surface area (Å²) in [5.41, 5.74) is 0.262. The van der Waals surface area contributed by atoms with Crippen molar-refractivity contribution in [1.29, 1.82) is 0 Å². The molecule has 0 amide bonds. The number of hydrogen-bond acceptors (Lipinski definition) is 8. The topological polar surface area (TPSA) is 80.5 Å². The minimum absolute atomic E-state index is 0.0554. The van der Waals surface area contributed by atoms with Crippen molar-refractivity contribution in [1.82, 2.24) is 24.0 Å². The van der Waals surface area contributed by atoms with Gasteiger partial charge in [-0.3, -0.25) is 0 Å². The first-order chi connectivity index (χ1) is 14.4. The lowest BCUT2D eigenvalue weighted by atomic mass is 9.92. The molecule has 8 nitrogen and oxygen atoms in total. The Balaban J connectivity index is 1.31. The van der Waals surface area contributed by atoms with E-state index in [0.717, 1.165) is 36.9 Å². The molecule has 0 radical (unpaired) electrons. The molecule has 2 aliphatic rings. The fourth-order valence-corrected chi connectivity index (χ4v) is 5.09. The Morgan fingerprint density at radius 3 is 2.67 bits per heavy atom. The summed E-state index contributed by atoms with van der Waals surface area (Å²) in [7, 11) is 0. The van der Waals surface area contributed by atoms with Gasteiger partial charge in [0.25, 0.3) is 0 Å². The maximum atomic E-state index is 12.5. The number of rotatable bonds is 5. The molecule has 0 spiro atoms. The van der Waals surface area contributed by atoms with Gasteiger partial charge in [0.05, 0.1) is 0 Å². The smallest absolute Gasteiger partial charge is 0.422 e. The molecule has 3 aromatic heterocycles. The Hall–Kier alpha value is -2.63. The molecule has 3 aromatic rings. The molecule has 2 unspecified atom stereocenters. The molecule has 1 aliphatic heterocycles. The highest BCUT2D eigenvalue weighted by molar-refractivity contribution is 7.09. The number of aryl methyl sites for hydroxylation is 1. The summed E-state index contributed by atoms with van der Waals surface area (Å²) in [5, 5.41) is 8.78. The van der Waals surface area contributed by atoms with Crippen molar-refractivity contribution in [2.24, 2.45) is 11.8 Å². The van der Waals surface area contributed by atoms with Crippen LogP contribution in [0.25, 0.3) is 5.65 Å². The van der Waals surface area contributed by atoms with Gasteiger partial charge in [0.2, 0.25) is 11.1 Å². The molecule has 2 fully saturated rings. The molecule has 1 saturated heterocycles. The van der Waals surface area contributed by atoms with E-state index in [1.165, 1.54) is 22.1 Å². The number of nitrogens with zero attached hydrogens (tertiary/aromatic N) is 6.